The highest BCUT2D eigenvalue weighted by Gasteiger charge is 2.00. The van der Waals surface area contributed by atoms with E-state index in [2.05, 4.69) is 4.98 Å². The Hall–Kier alpha value is -1.15. The van der Waals surface area contributed by atoms with E-state index in [-0.39, 0.29) is 0 Å². The molecule has 1 rings (SSSR count). The third-order valence-electron chi connectivity index (χ3n) is 1.44. The molecule has 0 bridgehead atoms. The summed E-state index contributed by atoms with van der Waals surface area (Å²) in [4.78, 5) is 3.82. The van der Waals surface area contributed by atoms with Gasteiger partial charge in [-0.3, -0.25) is 4.21 Å². The van der Waals surface area contributed by atoms with Gasteiger partial charge in [0.15, 0.2) is 0 Å². The Kier molecular flexibility index (Phi) is 3.00. The Labute approximate surface area is 73.3 Å². The van der Waals surface area contributed by atoms with Crippen LogP contribution in [0.15, 0.2) is 12.4 Å². The summed E-state index contributed by atoms with van der Waals surface area (Å²) in [5, 5.41) is 8.56. The largest absolute Gasteiger partial charge is 0.322 e. The molecule has 5 heteroatoms. The van der Waals surface area contributed by atoms with Crippen LogP contribution >= 0.6 is 0 Å². The Morgan fingerprint density at radius 2 is 2.58 bits per heavy atom. The normalized spacial score (nSPS) is 12.3. The number of aryl methyl sites for hydroxylation is 1. The molecule has 1 aromatic rings. The second-order valence-electron chi connectivity index (χ2n) is 2.33. The first-order chi connectivity index (χ1) is 5.74. The minimum atomic E-state index is -0.818. The summed E-state index contributed by atoms with van der Waals surface area (Å²) in [7, 11) is -0.818. The third-order valence-corrected chi connectivity index (χ3v) is 2.19. The summed E-state index contributed by atoms with van der Waals surface area (Å²) in [5.41, 5.74) is 0. The van der Waals surface area contributed by atoms with Gasteiger partial charge in [-0.1, -0.05) is 0 Å². The highest BCUT2D eigenvalue weighted by atomic mass is 32.2. The van der Waals surface area contributed by atoms with Crippen molar-refractivity contribution in [1.82, 2.24) is 9.55 Å². The summed E-state index contributed by atoms with van der Waals surface area (Å²) in [6.07, 6.45) is 4.92. The van der Waals surface area contributed by atoms with E-state index in [1.54, 1.807) is 23.2 Å². The molecule has 1 aromatic heterocycles. The van der Waals surface area contributed by atoms with Crippen LogP contribution in [0.1, 0.15) is 5.82 Å². The van der Waals surface area contributed by atoms with Gasteiger partial charge >= 0.3 is 0 Å². The van der Waals surface area contributed by atoms with Crippen molar-refractivity contribution in [2.24, 2.45) is 0 Å². The number of imidazole rings is 1. The lowest BCUT2D eigenvalue weighted by molar-refractivity contribution is 0.676. The molecule has 0 fully saturated rings. The van der Waals surface area contributed by atoms with Crippen molar-refractivity contribution in [3.05, 3.63) is 18.2 Å². The van der Waals surface area contributed by atoms with Crippen LogP contribution in [0.25, 0.3) is 0 Å². The van der Waals surface area contributed by atoms with Crippen LogP contribution in [-0.4, -0.2) is 25.8 Å². The predicted octanol–water partition coefficient (Wildman–Crippen LogP) is 0.133. The average Bonchev–Trinajstić information content (AvgIpc) is 2.47. The topological polar surface area (TPSA) is 58.7 Å². The molecular formula is C7H9N3OS. The summed E-state index contributed by atoms with van der Waals surface area (Å²) < 4.78 is 12.4. The van der Waals surface area contributed by atoms with E-state index in [1.165, 1.54) is 0 Å². The standard InChI is InChI=1S/C7H9N3OS/c1-12(11)5-4-10-3-2-9-7(10)6-8/h2-3H,4-5H2,1H3. The number of rotatable bonds is 3. The number of nitriles is 1. The lowest BCUT2D eigenvalue weighted by Gasteiger charge is -1.99. The van der Waals surface area contributed by atoms with Crippen LogP contribution < -0.4 is 0 Å². The van der Waals surface area contributed by atoms with Crippen LogP contribution in [0, 0.1) is 11.3 Å². The Balaban J connectivity index is 2.64. The van der Waals surface area contributed by atoms with Gasteiger partial charge < -0.3 is 4.57 Å². The Morgan fingerprint density at radius 1 is 1.83 bits per heavy atom. The van der Waals surface area contributed by atoms with Crippen molar-refractivity contribution >= 4 is 10.8 Å². The van der Waals surface area contributed by atoms with Crippen molar-refractivity contribution < 1.29 is 4.21 Å². The van der Waals surface area contributed by atoms with Gasteiger partial charge in [0, 0.05) is 41.7 Å². The molecule has 0 N–H and O–H groups in total. The van der Waals surface area contributed by atoms with Crippen LogP contribution in [0.3, 0.4) is 0 Å². The SMILES string of the molecule is CS(=O)CCn1ccnc1C#N. The maximum atomic E-state index is 10.7. The fourth-order valence-electron chi connectivity index (χ4n) is 0.830. The van der Waals surface area contributed by atoms with Gasteiger partial charge in [-0.05, 0) is 0 Å². The van der Waals surface area contributed by atoms with Crippen molar-refractivity contribution in [3.8, 4) is 6.07 Å². The van der Waals surface area contributed by atoms with E-state index >= 15 is 0 Å². The zero-order chi connectivity index (χ0) is 8.97. The number of hydrogen-bond donors (Lipinski definition) is 0. The molecule has 4 nitrogen and oxygen atoms in total. The molecule has 1 atom stereocenters. The highest BCUT2D eigenvalue weighted by molar-refractivity contribution is 7.84. The van der Waals surface area contributed by atoms with E-state index in [1.807, 2.05) is 6.07 Å². The Bertz CT molecular complexity index is 326. The first-order valence-corrected chi connectivity index (χ1v) is 5.18. The van der Waals surface area contributed by atoms with Gasteiger partial charge in [0.05, 0.1) is 0 Å². The minimum Gasteiger partial charge on any atom is -0.322 e. The van der Waals surface area contributed by atoms with Gasteiger partial charge in [-0.2, -0.15) is 5.26 Å². The number of nitrogens with zero attached hydrogens (tertiary/aromatic N) is 3. The molecule has 0 aromatic carbocycles. The highest BCUT2D eigenvalue weighted by Crippen LogP contribution is 1.95. The lowest BCUT2D eigenvalue weighted by Crippen LogP contribution is -2.07. The van der Waals surface area contributed by atoms with Crippen molar-refractivity contribution in [1.29, 1.82) is 5.26 Å². The van der Waals surface area contributed by atoms with E-state index in [0.29, 0.717) is 18.1 Å². The molecule has 0 amide bonds. The molecule has 0 saturated heterocycles. The molecule has 0 spiro atoms. The summed E-state index contributed by atoms with van der Waals surface area (Å²) in [6, 6.07) is 1.95. The van der Waals surface area contributed by atoms with Gasteiger partial charge in [-0.15, -0.1) is 0 Å². The second kappa shape index (κ2) is 4.02. The van der Waals surface area contributed by atoms with Crippen molar-refractivity contribution in [3.63, 3.8) is 0 Å². The molecule has 0 aliphatic heterocycles. The fraction of sp³-hybridized carbons (Fsp3) is 0.429. The van der Waals surface area contributed by atoms with Crippen LogP contribution in [0.5, 0.6) is 0 Å². The van der Waals surface area contributed by atoms with Crippen LogP contribution in [-0.2, 0) is 17.3 Å². The molecule has 0 saturated carbocycles. The maximum absolute atomic E-state index is 10.7. The van der Waals surface area contributed by atoms with Crippen LogP contribution in [0.2, 0.25) is 0 Å². The maximum Gasteiger partial charge on any atom is 0.212 e. The molecule has 0 aliphatic carbocycles. The lowest BCUT2D eigenvalue weighted by atomic mass is 10.6. The van der Waals surface area contributed by atoms with Gasteiger partial charge in [0.1, 0.15) is 6.07 Å². The van der Waals surface area contributed by atoms with Gasteiger partial charge in [-0.25, -0.2) is 4.98 Å². The minimum absolute atomic E-state index is 0.375. The number of hydrogen-bond acceptors (Lipinski definition) is 3. The molecule has 12 heavy (non-hydrogen) atoms. The summed E-state index contributed by atoms with van der Waals surface area (Å²) in [6.45, 7) is 0.589. The quantitative estimate of drug-likeness (QED) is 0.669. The van der Waals surface area contributed by atoms with E-state index < -0.39 is 10.8 Å². The first kappa shape index (κ1) is 8.94. The molecule has 1 unspecified atom stereocenters. The second-order valence-corrected chi connectivity index (χ2v) is 3.89. The van der Waals surface area contributed by atoms with Gasteiger partial charge in [0.25, 0.3) is 0 Å². The van der Waals surface area contributed by atoms with Crippen molar-refractivity contribution in [2.75, 3.05) is 12.0 Å². The summed E-state index contributed by atoms with van der Waals surface area (Å²) in [5.74, 6) is 0.936. The summed E-state index contributed by atoms with van der Waals surface area (Å²) >= 11 is 0. The monoisotopic (exact) mass is 183 g/mol. The molecule has 0 aliphatic rings. The Morgan fingerprint density at radius 3 is 3.17 bits per heavy atom. The molecule has 1 heterocycles. The molecule has 0 radical (unpaired) electrons. The van der Waals surface area contributed by atoms with E-state index in [0.717, 1.165) is 0 Å². The molecular weight excluding hydrogens is 174 g/mol. The smallest absolute Gasteiger partial charge is 0.212 e. The predicted molar refractivity (Wildman–Crippen MR) is 45.9 cm³/mol. The van der Waals surface area contributed by atoms with E-state index in [9.17, 15) is 4.21 Å². The van der Waals surface area contributed by atoms with Crippen molar-refractivity contribution in [2.45, 2.75) is 6.54 Å². The molecule has 64 valence electrons. The average molecular weight is 183 g/mol. The zero-order valence-corrected chi connectivity index (χ0v) is 7.54. The van der Waals surface area contributed by atoms with Gasteiger partial charge in [0.2, 0.25) is 5.82 Å². The third kappa shape index (κ3) is 2.17. The van der Waals surface area contributed by atoms with E-state index in [4.69, 9.17) is 5.26 Å². The zero-order valence-electron chi connectivity index (χ0n) is 6.73. The number of aromatic nitrogens is 2. The fourth-order valence-corrected chi connectivity index (χ4v) is 1.28. The van der Waals surface area contributed by atoms with Crippen LogP contribution in [0.4, 0.5) is 0 Å². The first-order valence-electron chi connectivity index (χ1n) is 3.45.